The van der Waals surface area contributed by atoms with Crippen molar-refractivity contribution >= 4 is 42.9 Å². The van der Waals surface area contributed by atoms with Gasteiger partial charge in [-0.3, -0.25) is 0 Å². The van der Waals surface area contributed by atoms with Crippen molar-refractivity contribution in [2.45, 2.75) is 0 Å². The molecule has 2 nitrogen and oxygen atoms in total. The molecule has 0 heterocycles. The van der Waals surface area contributed by atoms with Gasteiger partial charge in [-0.05, 0) is 0 Å². The first-order chi connectivity index (χ1) is 12.5. The van der Waals surface area contributed by atoms with Crippen molar-refractivity contribution in [3.63, 3.8) is 0 Å². The zero-order valence-corrected chi connectivity index (χ0v) is 19.1. The SMILES string of the molecule is CN(C)c1cc[c]([Bi]([c]2ccc(F)cc2)[c]2ccc(N(C)C)cc2)cc1. The number of rotatable bonds is 5. The van der Waals surface area contributed by atoms with E-state index in [-0.39, 0.29) is 5.82 Å². The van der Waals surface area contributed by atoms with Crippen LogP contribution in [0.2, 0.25) is 0 Å². The van der Waals surface area contributed by atoms with E-state index >= 15 is 0 Å². The van der Waals surface area contributed by atoms with E-state index in [4.69, 9.17) is 0 Å². The summed E-state index contributed by atoms with van der Waals surface area (Å²) < 4.78 is 17.5. The average Bonchev–Trinajstić information content (AvgIpc) is 2.64. The van der Waals surface area contributed by atoms with Crippen molar-refractivity contribution in [1.29, 1.82) is 0 Å². The van der Waals surface area contributed by atoms with Crippen LogP contribution in [-0.4, -0.2) is 49.9 Å². The predicted molar refractivity (Wildman–Crippen MR) is 113 cm³/mol. The van der Waals surface area contributed by atoms with Gasteiger partial charge in [0.25, 0.3) is 0 Å². The number of hydrogen-bond acceptors (Lipinski definition) is 2. The van der Waals surface area contributed by atoms with Crippen LogP contribution in [0.3, 0.4) is 0 Å². The van der Waals surface area contributed by atoms with Gasteiger partial charge in [-0.25, -0.2) is 0 Å². The zero-order chi connectivity index (χ0) is 18.7. The summed E-state index contributed by atoms with van der Waals surface area (Å²) >= 11 is -2.43. The third kappa shape index (κ3) is 4.24. The van der Waals surface area contributed by atoms with E-state index in [2.05, 4.69) is 86.5 Å². The van der Waals surface area contributed by atoms with Gasteiger partial charge in [0.15, 0.2) is 0 Å². The molecule has 134 valence electrons. The Morgan fingerprint density at radius 1 is 0.538 bits per heavy atom. The molecule has 26 heavy (non-hydrogen) atoms. The number of hydrogen-bond donors (Lipinski definition) is 0. The molecule has 0 amide bonds. The molecule has 0 saturated heterocycles. The van der Waals surface area contributed by atoms with E-state index < -0.39 is 21.8 Å². The van der Waals surface area contributed by atoms with Crippen molar-refractivity contribution in [3.05, 3.63) is 78.6 Å². The van der Waals surface area contributed by atoms with Crippen LogP contribution < -0.4 is 19.6 Å². The Bertz CT molecular complexity index is 789. The van der Waals surface area contributed by atoms with E-state index in [0.29, 0.717) is 0 Å². The summed E-state index contributed by atoms with van der Waals surface area (Å²) in [7, 11) is 8.20. The summed E-state index contributed by atoms with van der Waals surface area (Å²) in [5.74, 6) is -0.177. The normalized spacial score (nSPS) is 10.8. The van der Waals surface area contributed by atoms with Crippen LogP contribution in [0.25, 0.3) is 0 Å². The van der Waals surface area contributed by atoms with Gasteiger partial charge in [0.1, 0.15) is 0 Å². The Hall–Kier alpha value is -1.93. The summed E-state index contributed by atoms with van der Waals surface area (Å²) in [5, 5.41) is 0. The molecule has 0 aliphatic heterocycles. The van der Waals surface area contributed by atoms with E-state index in [9.17, 15) is 4.39 Å². The number of nitrogens with zero attached hydrogens (tertiary/aromatic N) is 2. The number of halogens is 1. The van der Waals surface area contributed by atoms with Crippen molar-refractivity contribution < 1.29 is 4.39 Å². The van der Waals surface area contributed by atoms with Gasteiger partial charge in [-0.1, -0.05) is 0 Å². The third-order valence-electron chi connectivity index (χ3n) is 4.33. The summed E-state index contributed by atoms with van der Waals surface area (Å²) in [6.45, 7) is 0. The molecule has 0 aromatic heterocycles. The van der Waals surface area contributed by atoms with Gasteiger partial charge < -0.3 is 0 Å². The molecule has 0 spiro atoms. The molecule has 0 radical (unpaired) electrons. The van der Waals surface area contributed by atoms with Gasteiger partial charge in [0, 0.05) is 0 Å². The molecular formula is C22H24BiFN2. The first-order valence-electron chi connectivity index (χ1n) is 8.56. The monoisotopic (exact) mass is 544 g/mol. The minimum absolute atomic E-state index is 0.177. The molecule has 0 fully saturated rings. The van der Waals surface area contributed by atoms with Crippen LogP contribution in [-0.2, 0) is 0 Å². The Kier molecular flexibility index (Phi) is 5.93. The Balaban J connectivity index is 2.05. The quantitative estimate of drug-likeness (QED) is 0.456. The molecule has 0 N–H and O–H groups in total. The molecule has 0 saturated carbocycles. The van der Waals surface area contributed by atoms with Crippen molar-refractivity contribution in [2.24, 2.45) is 0 Å². The van der Waals surface area contributed by atoms with Gasteiger partial charge >= 0.3 is 164 Å². The molecule has 3 aromatic rings. The van der Waals surface area contributed by atoms with Crippen LogP contribution in [0.4, 0.5) is 15.8 Å². The topological polar surface area (TPSA) is 6.48 Å². The van der Waals surface area contributed by atoms with Crippen molar-refractivity contribution in [1.82, 2.24) is 0 Å². The second kappa shape index (κ2) is 8.18. The van der Waals surface area contributed by atoms with Gasteiger partial charge in [-0.15, -0.1) is 0 Å². The van der Waals surface area contributed by atoms with Crippen LogP contribution >= 0.6 is 0 Å². The van der Waals surface area contributed by atoms with E-state index in [1.807, 2.05) is 12.1 Å². The molecule has 3 aromatic carbocycles. The van der Waals surface area contributed by atoms with Crippen LogP contribution in [0, 0.1) is 5.82 Å². The van der Waals surface area contributed by atoms with E-state index in [0.717, 1.165) is 0 Å². The summed E-state index contributed by atoms with van der Waals surface area (Å²) in [4.78, 5) is 4.22. The van der Waals surface area contributed by atoms with E-state index in [1.54, 1.807) is 12.1 Å². The predicted octanol–water partition coefficient (Wildman–Crippen LogP) is 2.47. The second-order valence-electron chi connectivity index (χ2n) is 6.63. The first-order valence-corrected chi connectivity index (χ1v) is 13.8. The molecule has 0 aliphatic carbocycles. The number of benzene rings is 3. The average molecular weight is 544 g/mol. The van der Waals surface area contributed by atoms with Crippen LogP contribution in [0.15, 0.2) is 72.8 Å². The molecular weight excluding hydrogens is 520 g/mol. The Morgan fingerprint density at radius 2 is 0.846 bits per heavy atom. The molecule has 0 aliphatic rings. The molecule has 4 heteroatoms. The molecule has 3 rings (SSSR count). The Morgan fingerprint density at radius 3 is 1.15 bits per heavy atom. The van der Waals surface area contributed by atoms with Crippen LogP contribution in [0.5, 0.6) is 0 Å². The van der Waals surface area contributed by atoms with Gasteiger partial charge in [0.05, 0.1) is 0 Å². The first kappa shape index (κ1) is 18.9. The van der Waals surface area contributed by atoms with Gasteiger partial charge in [-0.2, -0.15) is 0 Å². The summed E-state index contributed by atoms with van der Waals surface area (Å²) in [6, 6.07) is 24.8. The maximum absolute atomic E-state index is 13.5. The van der Waals surface area contributed by atoms with Crippen LogP contribution in [0.1, 0.15) is 0 Å². The molecule has 0 atom stereocenters. The van der Waals surface area contributed by atoms with Crippen molar-refractivity contribution in [3.8, 4) is 0 Å². The van der Waals surface area contributed by atoms with Crippen molar-refractivity contribution in [2.75, 3.05) is 38.0 Å². The second-order valence-corrected chi connectivity index (χ2v) is 15.3. The minimum atomic E-state index is -2.43. The fraction of sp³-hybridized carbons (Fsp3) is 0.182. The molecule has 0 unspecified atom stereocenters. The fourth-order valence-electron chi connectivity index (χ4n) is 2.84. The zero-order valence-electron chi connectivity index (χ0n) is 15.6. The summed E-state index contributed by atoms with van der Waals surface area (Å²) in [5.41, 5.74) is 2.39. The third-order valence-corrected chi connectivity index (χ3v) is 13.8. The van der Waals surface area contributed by atoms with E-state index in [1.165, 1.54) is 21.2 Å². The maximum atomic E-state index is 13.5. The summed E-state index contributed by atoms with van der Waals surface area (Å²) in [6.07, 6.45) is 0. The van der Waals surface area contributed by atoms with Gasteiger partial charge in [0.2, 0.25) is 0 Å². The fourth-order valence-corrected chi connectivity index (χ4v) is 11.5. The standard InChI is InChI=1S/2C8H10N.C6H4F.Bi/c2*1-9(2)8-6-4-3-5-7-8;7-6-4-2-1-3-5-6;/h2*4-7H,1-2H3;2-5H;. The Labute approximate surface area is 163 Å². The number of anilines is 2. The molecule has 0 bridgehead atoms.